The molecule has 2 unspecified atom stereocenters. The normalized spacial score (nSPS) is 13.2. The van der Waals surface area contributed by atoms with Crippen LogP contribution in [0.4, 0.5) is 0 Å². The van der Waals surface area contributed by atoms with Crippen LogP contribution < -0.4 is 5.73 Å². The van der Waals surface area contributed by atoms with E-state index in [0.717, 1.165) is 83.5 Å². The molecule has 0 saturated heterocycles. The first kappa shape index (κ1) is 99.9. The summed E-state index contributed by atoms with van der Waals surface area (Å²) in [7, 11) is -4.40. The SMILES string of the molecule is CC/C=C\C/C=C\C/C=C\C/C=C\C/C=C\C/C=C\C/C=C\CCCCCCCCCCCCCCCCCCCCCC(=O)OC(COC(=O)CCCCCCCCCCCCCCCCCCCCCCCCCCCCCCC/C=C\CCCCCCCCCC)COP(=O)(O)OCCN. The minimum Gasteiger partial charge on any atom is -0.462 e. The van der Waals surface area contributed by atoms with E-state index in [0.29, 0.717) is 6.42 Å². The largest absolute Gasteiger partial charge is 0.472 e. The van der Waals surface area contributed by atoms with Crippen molar-refractivity contribution in [2.75, 3.05) is 26.4 Å². The van der Waals surface area contributed by atoms with Crippen molar-refractivity contribution in [2.45, 2.75) is 457 Å². The van der Waals surface area contributed by atoms with Gasteiger partial charge in [0, 0.05) is 19.4 Å². The van der Waals surface area contributed by atoms with Crippen molar-refractivity contribution in [1.29, 1.82) is 0 Å². The Balaban J connectivity index is 3.73. The van der Waals surface area contributed by atoms with Crippen LogP contribution in [0, 0.1) is 0 Å². The van der Waals surface area contributed by atoms with Gasteiger partial charge in [-0.25, -0.2) is 4.57 Å². The molecule has 0 bridgehead atoms. The van der Waals surface area contributed by atoms with Gasteiger partial charge in [-0.05, 0) is 96.3 Å². The average Bonchev–Trinajstić information content (AvgIpc) is 0.970. The number of carbonyl (C=O) groups is 2. The Labute approximate surface area is 639 Å². The number of hydrogen-bond acceptors (Lipinski definition) is 8. The van der Waals surface area contributed by atoms with E-state index in [-0.39, 0.29) is 38.6 Å². The predicted octanol–water partition coefficient (Wildman–Crippen LogP) is 30.5. The lowest BCUT2D eigenvalue weighted by atomic mass is 10.0. The zero-order chi connectivity index (χ0) is 74.3. The van der Waals surface area contributed by atoms with E-state index in [1.54, 1.807) is 0 Å². The zero-order valence-electron chi connectivity index (χ0n) is 68.1. The molecule has 0 aliphatic carbocycles. The van der Waals surface area contributed by atoms with Crippen molar-refractivity contribution in [3.8, 4) is 0 Å². The van der Waals surface area contributed by atoms with E-state index < -0.39 is 26.5 Å². The fourth-order valence-electron chi connectivity index (χ4n) is 13.4. The van der Waals surface area contributed by atoms with E-state index in [1.807, 2.05) is 0 Å². The number of allylic oxidation sites excluding steroid dienone is 16. The third-order valence-electron chi connectivity index (χ3n) is 20.0. The van der Waals surface area contributed by atoms with Gasteiger partial charge in [0.15, 0.2) is 6.10 Å². The first-order valence-electron chi connectivity index (χ1n) is 44.7. The molecule has 0 rings (SSSR count). The minimum atomic E-state index is -4.40. The Morgan fingerprint density at radius 2 is 0.534 bits per heavy atom. The number of unbranched alkanes of at least 4 members (excludes halogenated alkanes) is 56. The molecule has 0 spiro atoms. The molecule has 0 fully saturated rings. The first-order valence-corrected chi connectivity index (χ1v) is 46.2. The average molecular weight is 1460 g/mol. The quantitative estimate of drug-likeness (QED) is 0.0264. The number of ether oxygens (including phenoxy) is 2. The number of phosphoric ester groups is 1. The van der Waals surface area contributed by atoms with Gasteiger partial charge in [0.1, 0.15) is 6.61 Å². The Bertz CT molecular complexity index is 2020. The number of esters is 2. The number of carbonyl (C=O) groups excluding carboxylic acids is 2. The molecule has 0 aliphatic heterocycles. The zero-order valence-corrected chi connectivity index (χ0v) is 69.0. The van der Waals surface area contributed by atoms with Crippen LogP contribution in [0.3, 0.4) is 0 Å². The fraction of sp³-hybridized carbons (Fsp3) is 0.806. The van der Waals surface area contributed by atoms with Crippen molar-refractivity contribution < 1.29 is 37.6 Å². The van der Waals surface area contributed by atoms with Crippen molar-refractivity contribution in [3.63, 3.8) is 0 Å². The van der Waals surface area contributed by atoms with Crippen LogP contribution in [0.15, 0.2) is 97.2 Å². The second kappa shape index (κ2) is 87.8. The summed E-state index contributed by atoms with van der Waals surface area (Å²) < 4.78 is 33.3. The van der Waals surface area contributed by atoms with Gasteiger partial charge in [0.05, 0.1) is 13.2 Å². The maximum atomic E-state index is 12.8. The highest BCUT2D eigenvalue weighted by atomic mass is 31.2. The standard InChI is InChI=1S/C93H170NO8P/c1-3-5-7-9-11-13-15-17-19-21-23-25-27-29-31-33-35-37-39-41-43-45-47-49-51-53-55-57-59-61-63-65-67-69-71-73-75-77-79-81-83-85-92(95)99-89-91(90-101-103(97,98)100-88-87-94)102-93(96)86-84-82-80-78-76-74-72-70-68-66-64-62-60-58-56-54-52-50-48-46-44-42-40-38-36-34-32-30-28-26-24-22-20-18-16-14-12-10-8-6-4-2/h6,8,12,14,18,20-21,23-24,26,30,32,36,38,42,44,91H,3-5,7,9-11,13,15-17,19,22,25,27-29,31,33-35,37,39-41,43,45-90,94H2,1-2H3,(H,97,98)/b8-6-,14-12-,20-18-,23-21-,26-24-,32-30-,38-36-,44-42-. The molecular weight excluding hydrogens is 1290 g/mol. The lowest BCUT2D eigenvalue weighted by Crippen LogP contribution is -2.29. The highest BCUT2D eigenvalue weighted by Gasteiger charge is 2.26. The van der Waals surface area contributed by atoms with E-state index >= 15 is 0 Å². The second-order valence-electron chi connectivity index (χ2n) is 30.1. The van der Waals surface area contributed by atoms with Gasteiger partial charge in [-0.1, -0.05) is 439 Å². The summed E-state index contributed by atoms with van der Waals surface area (Å²) in [6, 6.07) is 0. The topological polar surface area (TPSA) is 134 Å². The monoisotopic (exact) mass is 1460 g/mol. The van der Waals surface area contributed by atoms with E-state index in [1.165, 1.54) is 334 Å². The summed E-state index contributed by atoms with van der Waals surface area (Å²) in [6.07, 6.45) is 122. The molecular formula is C93H170NO8P. The molecule has 2 atom stereocenters. The van der Waals surface area contributed by atoms with Crippen molar-refractivity contribution in [2.24, 2.45) is 5.73 Å². The number of rotatable bonds is 85. The maximum absolute atomic E-state index is 12.8. The molecule has 0 amide bonds. The molecule has 0 aliphatic rings. The first-order chi connectivity index (χ1) is 50.8. The minimum absolute atomic E-state index is 0.0540. The Hall–Kier alpha value is -3.07. The number of hydrogen-bond donors (Lipinski definition) is 2. The third-order valence-corrected chi connectivity index (χ3v) is 20.9. The summed E-state index contributed by atoms with van der Waals surface area (Å²) in [6.45, 7) is 3.70. The highest BCUT2D eigenvalue weighted by Crippen LogP contribution is 2.43. The molecule has 0 radical (unpaired) electrons. The van der Waals surface area contributed by atoms with Crippen molar-refractivity contribution in [1.82, 2.24) is 0 Å². The van der Waals surface area contributed by atoms with Gasteiger partial charge in [-0.3, -0.25) is 18.6 Å². The van der Waals surface area contributed by atoms with E-state index in [4.69, 9.17) is 24.3 Å². The number of nitrogens with two attached hydrogens (primary N) is 1. The van der Waals surface area contributed by atoms with Crippen LogP contribution in [0.5, 0.6) is 0 Å². The van der Waals surface area contributed by atoms with E-state index in [2.05, 4.69) is 111 Å². The molecule has 0 aromatic heterocycles. The number of phosphoric acid groups is 1. The predicted molar refractivity (Wildman–Crippen MR) is 450 cm³/mol. The third kappa shape index (κ3) is 87.7. The molecule has 0 heterocycles. The van der Waals surface area contributed by atoms with Gasteiger partial charge >= 0.3 is 19.8 Å². The summed E-state index contributed by atoms with van der Waals surface area (Å²) >= 11 is 0. The molecule has 9 nitrogen and oxygen atoms in total. The maximum Gasteiger partial charge on any atom is 0.472 e. The lowest BCUT2D eigenvalue weighted by molar-refractivity contribution is -0.161. The highest BCUT2D eigenvalue weighted by molar-refractivity contribution is 7.47. The molecule has 0 aromatic rings. The molecule has 600 valence electrons. The van der Waals surface area contributed by atoms with Gasteiger partial charge in [0.25, 0.3) is 0 Å². The van der Waals surface area contributed by atoms with Crippen LogP contribution in [0.2, 0.25) is 0 Å². The second-order valence-corrected chi connectivity index (χ2v) is 31.5. The molecule has 3 N–H and O–H groups in total. The van der Waals surface area contributed by atoms with Crippen LogP contribution in [0.1, 0.15) is 450 Å². The summed E-state index contributed by atoms with van der Waals surface area (Å²) in [5, 5.41) is 0. The van der Waals surface area contributed by atoms with Gasteiger partial charge in [-0.2, -0.15) is 0 Å². The van der Waals surface area contributed by atoms with Crippen LogP contribution >= 0.6 is 7.82 Å². The van der Waals surface area contributed by atoms with E-state index in [9.17, 15) is 19.0 Å². The fourth-order valence-corrected chi connectivity index (χ4v) is 14.2. The molecule has 103 heavy (non-hydrogen) atoms. The van der Waals surface area contributed by atoms with Crippen LogP contribution in [-0.2, 0) is 32.7 Å². The summed E-state index contributed by atoms with van der Waals surface area (Å²) in [4.78, 5) is 35.5. The van der Waals surface area contributed by atoms with Gasteiger partial charge in [0.2, 0.25) is 0 Å². The molecule has 10 heteroatoms. The Morgan fingerprint density at radius 3 is 0.806 bits per heavy atom. The summed E-state index contributed by atoms with van der Waals surface area (Å²) in [5.74, 6) is -0.805. The van der Waals surface area contributed by atoms with Gasteiger partial charge in [-0.15, -0.1) is 0 Å². The summed E-state index contributed by atoms with van der Waals surface area (Å²) in [5.41, 5.74) is 5.43. The van der Waals surface area contributed by atoms with Gasteiger partial charge < -0.3 is 20.1 Å². The Morgan fingerprint density at radius 1 is 0.301 bits per heavy atom. The van der Waals surface area contributed by atoms with Crippen LogP contribution in [0.25, 0.3) is 0 Å². The van der Waals surface area contributed by atoms with Crippen LogP contribution in [-0.4, -0.2) is 49.3 Å². The smallest absolute Gasteiger partial charge is 0.462 e. The van der Waals surface area contributed by atoms with Crippen molar-refractivity contribution in [3.05, 3.63) is 97.2 Å². The molecule has 0 saturated carbocycles. The molecule has 0 aromatic carbocycles. The Kier molecular flexibility index (Phi) is 85.2. The van der Waals surface area contributed by atoms with Crippen molar-refractivity contribution >= 4 is 19.8 Å². The lowest BCUT2D eigenvalue weighted by Gasteiger charge is -2.19.